The van der Waals surface area contributed by atoms with Crippen molar-refractivity contribution in [2.24, 2.45) is 0 Å². The van der Waals surface area contributed by atoms with Crippen LogP contribution in [0.25, 0.3) is 0 Å². The first kappa shape index (κ1) is 6.19. The highest BCUT2D eigenvalue weighted by molar-refractivity contribution is 4.88. The van der Waals surface area contributed by atoms with Crippen LogP contribution in [0.1, 0.15) is 0 Å². The monoisotopic (exact) mass is 124 g/mol. The lowest BCUT2D eigenvalue weighted by Crippen LogP contribution is -1.58. The number of pyridine rings is 1. The number of hydrogen-bond acceptors (Lipinski definition) is 3. The lowest BCUT2D eigenvalue weighted by molar-refractivity contribution is 0.412. The van der Waals surface area contributed by atoms with Gasteiger partial charge in [-0.25, -0.2) is 0 Å². The van der Waals surface area contributed by atoms with Gasteiger partial charge < -0.3 is 0 Å². The van der Waals surface area contributed by atoms with Crippen molar-refractivity contribution >= 4 is 0 Å². The number of rotatable bonds is 0. The molecule has 0 radical (unpaired) electrons. The Morgan fingerprint density at radius 1 is 1.22 bits per heavy atom. The van der Waals surface area contributed by atoms with Gasteiger partial charge in [-0.15, -0.1) is 0 Å². The predicted molar refractivity (Wildman–Crippen MR) is 33.3 cm³/mol. The zero-order valence-electron chi connectivity index (χ0n) is 4.95. The Morgan fingerprint density at radius 3 is 1.89 bits per heavy atom. The van der Waals surface area contributed by atoms with Gasteiger partial charge >= 0.3 is 0 Å². The van der Waals surface area contributed by atoms with Crippen molar-refractivity contribution in [2.45, 2.75) is 0 Å². The highest BCUT2D eigenvalue weighted by atomic mass is 16.8. The number of nitrogens with one attached hydrogen (secondary N) is 1. The molecule has 48 valence electrons. The summed E-state index contributed by atoms with van der Waals surface area (Å²) in [6.07, 6.45) is 3.50. The fourth-order valence-electron chi connectivity index (χ4n) is 0.313. The van der Waals surface area contributed by atoms with E-state index >= 15 is 0 Å². The van der Waals surface area contributed by atoms with Crippen LogP contribution in [0.2, 0.25) is 0 Å². The second-order valence-electron chi connectivity index (χ2n) is 1.46. The van der Waals surface area contributed by atoms with Gasteiger partial charge in [0.1, 0.15) is 6.73 Å². The highest BCUT2D eigenvalue weighted by Crippen LogP contribution is 1.73. The van der Waals surface area contributed by atoms with Crippen molar-refractivity contribution in [1.29, 1.82) is 0 Å². The molecule has 0 bridgehead atoms. The van der Waals surface area contributed by atoms with E-state index < -0.39 is 0 Å². The molecule has 1 aliphatic rings. The molecular formula is C6H8N2O. The first-order valence-electron chi connectivity index (χ1n) is 2.70. The zero-order valence-corrected chi connectivity index (χ0v) is 4.95. The van der Waals surface area contributed by atoms with Crippen LogP contribution < -0.4 is 5.48 Å². The molecule has 0 spiro atoms. The molecule has 1 fully saturated rings. The van der Waals surface area contributed by atoms with Gasteiger partial charge in [0, 0.05) is 12.4 Å². The maximum absolute atomic E-state index is 4.25. The number of aromatic nitrogens is 1. The normalized spacial score (nSPS) is 13.3. The van der Waals surface area contributed by atoms with Crippen molar-refractivity contribution in [2.75, 3.05) is 6.73 Å². The van der Waals surface area contributed by atoms with Gasteiger partial charge in [0.05, 0.1) is 0 Å². The lowest BCUT2D eigenvalue weighted by Gasteiger charge is -1.70. The first-order valence-corrected chi connectivity index (χ1v) is 2.70. The van der Waals surface area contributed by atoms with Crippen molar-refractivity contribution in [1.82, 2.24) is 10.5 Å². The van der Waals surface area contributed by atoms with Crippen LogP contribution in [0.15, 0.2) is 30.6 Å². The third kappa shape index (κ3) is 4.93. The summed E-state index contributed by atoms with van der Waals surface area (Å²) in [5.74, 6) is 0. The summed E-state index contributed by atoms with van der Waals surface area (Å²) >= 11 is 0. The smallest absolute Gasteiger partial charge is 0.141 e. The molecule has 1 aromatic heterocycles. The summed E-state index contributed by atoms with van der Waals surface area (Å²) in [5.41, 5.74) is 2.50. The van der Waals surface area contributed by atoms with Crippen LogP contribution in [0, 0.1) is 0 Å². The molecule has 2 heterocycles. The van der Waals surface area contributed by atoms with Crippen molar-refractivity contribution in [3.63, 3.8) is 0 Å². The summed E-state index contributed by atoms with van der Waals surface area (Å²) in [7, 11) is 0. The van der Waals surface area contributed by atoms with E-state index in [1.54, 1.807) is 12.4 Å². The van der Waals surface area contributed by atoms with Gasteiger partial charge in [-0.05, 0) is 12.1 Å². The molecule has 1 aliphatic heterocycles. The van der Waals surface area contributed by atoms with Crippen LogP contribution in [-0.4, -0.2) is 11.7 Å². The van der Waals surface area contributed by atoms with Crippen molar-refractivity contribution < 1.29 is 4.84 Å². The number of hydroxylamine groups is 1. The van der Waals surface area contributed by atoms with Gasteiger partial charge in [0.25, 0.3) is 0 Å². The Bertz CT molecular complexity index is 112. The molecule has 1 N–H and O–H groups in total. The van der Waals surface area contributed by atoms with Crippen molar-refractivity contribution in [3.05, 3.63) is 30.6 Å². The minimum atomic E-state index is 0.750. The molecule has 0 amide bonds. The average molecular weight is 124 g/mol. The van der Waals surface area contributed by atoms with Crippen LogP contribution in [0.4, 0.5) is 0 Å². The summed E-state index contributed by atoms with van der Waals surface area (Å²) in [5, 5.41) is 0. The second kappa shape index (κ2) is 4.00. The highest BCUT2D eigenvalue weighted by Gasteiger charge is 1.91. The van der Waals surface area contributed by atoms with Crippen LogP contribution in [0.3, 0.4) is 0 Å². The van der Waals surface area contributed by atoms with E-state index in [1.807, 2.05) is 18.2 Å². The van der Waals surface area contributed by atoms with Crippen LogP contribution >= 0.6 is 0 Å². The fraction of sp³-hybridized carbons (Fsp3) is 0.167. The summed E-state index contributed by atoms with van der Waals surface area (Å²) < 4.78 is 0. The Labute approximate surface area is 53.6 Å². The molecule has 1 aromatic rings. The minimum absolute atomic E-state index is 0.750. The molecular weight excluding hydrogens is 116 g/mol. The van der Waals surface area contributed by atoms with Gasteiger partial charge in [0.2, 0.25) is 0 Å². The van der Waals surface area contributed by atoms with E-state index in [1.165, 1.54) is 0 Å². The first-order chi connectivity index (χ1) is 4.50. The topological polar surface area (TPSA) is 47.4 Å². The summed E-state index contributed by atoms with van der Waals surface area (Å²) in [4.78, 5) is 8.03. The van der Waals surface area contributed by atoms with Gasteiger partial charge in [-0.2, -0.15) is 5.48 Å². The number of hydrogen-bond donors (Lipinski definition) is 1. The fourth-order valence-corrected chi connectivity index (χ4v) is 0.313. The Hall–Kier alpha value is -0.930. The van der Waals surface area contributed by atoms with E-state index in [2.05, 4.69) is 15.3 Å². The standard InChI is InChI=1S/C5H5N.CH3NO/c1-2-4-6-5-3-1;1-2-3-1/h1-5H;2H,1H2. The molecule has 3 nitrogen and oxygen atoms in total. The molecule has 3 heteroatoms. The Balaban J connectivity index is 0.000000112. The van der Waals surface area contributed by atoms with E-state index in [-0.39, 0.29) is 0 Å². The minimum Gasteiger partial charge on any atom is -0.282 e. The zero-order chi connectivity index (χ0) is 6.36. The molecule has 1 saturated heterocycles. The van der Waals surface area contributed by atoms with Gasteiger partial charge in [-0.3, -0.25) is 9.82 Å². The van der Waals surface area contributed by atoms with Crippen molar-refractivity contribution in [3.8, 4) is 0 Å². The maximum atomic E-state index is 4.25. The molecule has 0 unspecified atom stereocenters. The lowest BCUT2D eigenvalue weighted by atomic mass is 10.5. The largest absolute Gasteiger partial charge is 0.282 e. The third-order valence-electron chi connectivity index (χ3n) is 0.711. The quantitative estimate of drug-likeness (QED) is 0.514. The molecule has 0 aliphatic carbocycles. The Morgan fingerprint density at radius 2 is 1.78 bits per heavy atom. The average Bonchev–Trinajstić information content (AvgIpc) is 2.76. The molecule has 2 rings (SSSR count). The SMILES string of the molecule is C1NO1.c1ccncc1. The Kier molecular flexibility index (Phi) is 2.75. The predicted octanol–water partition coefficient (Wildman–Crippen LogP) is 0.560. The summed E-state index contributed by atoms with van der Waals surface area (Å²) in [6, 6.07) is 5.72. The van der Waals surface area contributed by atoms with Crippen LogP contribution in [-0.2, 0) is 4.84 Å². The number of nitrogens with zero attached hydrogens (tertiary/aromatic N) is 1. The van der Waals surface area contributed by atoms with E-state index in [9.17, 15) is 0 Å². The summed E-state index contributed by atoms with van der Waals surface area (Å²) in [6.45, 7) is 0.750. The third-order valence-corrected chi connectivity index (χ3v) is 0.711. The van der Waals surface area contributed by atoms with Gasteiger partial charge in [-0.1, -0.05) is 6.07 Å². The molecule has 0 atom stereocenters. The van der Waals surface area contributed by atoms with E-state index in [4.69, 9.17) is 0 Å². The molecule has 9 heavy (non-hydrogen) atoms. The maximum Gasteiger partial charge on any atom is 0.141 e. The molecule has 0 saturated carbocycles. The van der Waals surface area contributed by atoms with Gasteiger partial charge in [0.15, 0.2) is 0 Å². The van der Waals surface area contributed by atoms with Crippen LogP contribution in [0.5, 0.6) is 0 Å². The molecule has 0 aromatic carbocycles. The van der Waals surface area contributed by atoms with E-state index in [0.29, 0.717) is 0 Å². The van der Waals surface area contributed by atoms with E-state index in [0.717, 1.165) is 6.73 Å². The second-order valence-corrected chi connectivity index (χ2v) is 1.46.